The highest BCUT2D eigenvalue weighted by Gasteiger charge is 2.26. The molecule has 0 saturated carbocycles. The van der Waals surface area contributed by atoms with Crippen molar-refractivity contribution in [3.05, 3.63) is 70.8 Å². The lowest BCUT2D eigenvalue weighted by atomic mass is 9.87. The van der Waals surface area contributed by atoms with Gasteiger partial charge in [0.25, 0.3) is 0 Å². The fourth-order valence-corrected chi connectivity index (χ4v) is 3.56. The summed E-state index contributed by atoms with van der Waals surface area (Å²) in [6.45, 7) is 7.53. The third-order valence-corrected chi connectivity index (χ3v) is 5.12. The van der Waals surface area contributed by atoms with E-state index in [9.17, 15) is 5.11 Å². The topological polar surface area (TPSA) is 23.5 Å². The van der Waals surface area contributed by atoms with Gasteiger partial charge < -0.3 is 5.11 Å². The fraction of sp³-hybridized carbons (Fsp3) is 0.429. The molecule has 23 heavy (non-hydrogen) atoms. The van der Waals surface area contributed by atoms with Crippen LogP contribution in [0, 0.1) is 19.8 Å². The third kappa shape index (κ3) is 4.01. The maximum absolute atomic E-state index is 10.6. The van der Waals surface area contributed by atoms with Gasteiger partial charge in [0.2, 0.25) is 0 Å². The largest absolute Gasteiger partial charge is 0.388 e. The van der Waals surface area contributed by atoms with E-state index in [1.807, 2.05) is 30.3 Å². The van der Waals surface area contributed by atoms with Gasteiger partial charge in [-0.05, 0) is 62.4 Å². The van der Waals surface area contributed by atoms with Gasteiger partial charge in [-0.15, -0.1) is 0 Å². The maximum atomic E-state index is 10.6. The molecule has 0 aliphatic carbocycles. The highest BCUT2D eigenvalue weighted by atomic mass is 16.3. The Labute approximate surface area is 139 Å². The van der Waals surface area contributed by atoms with E-state index >= 15 is 0 Å². The molecule has 2 aromatic carbocycles. The van der Waals surface area contributed by atoms with E-state index in [2.05, 4.69) is 36.9 Å². The Bertz CT molecular complexity index is 630. The average Bonchev–Trinajstić information content (AvgIpc) is 2.59. The molecule has 1 aliphatic heterocycles. The number of aliphatic hydroxyl groups excluding tert-OH is 1. The summed E-state index contributed by atoms with van der Waals surface area (Å²) in [6, 6.07) is 16.8. The van der Waals surface area contributed by atoms with Crippen molar-refractivity contribution in [2.75, 3.05) is 13.1 Å². The zero-order chi connectivity index (χ0) is 16.2. The molecule has 1 aliphatic rings. The van der Waals surface area contributed by atoms with Crippen molar-refractivity contribution in [1.29, 1.82) is 0 Å². The first-order valence-electron chi connectivity index (χ1n) is 8.65. The van der Waals surface area contributed by atoms with E-state index in [0.29, 0.717) is 5.92 Å². The monoisotopic (exact) mass is 309 g/mol. The van der Waals surface area contributed by atoms with E-state index in [1.54, 1.807) is 0 Å². The lowest BCUT2D eigenvalue weighted by Gasteiger charge is -2.34. The predicted octanol–water partition coefficient (Wildman–Crippen LogP) is 4.25. The van der Waals surface area contributed by atoms with Crippen LogP contribution in [-0.4, -0.2) is 23.1 Å². The van der Waals surface area contributed by atoms with Crippen molar-refractivity contribution < 1.29 is 5.11 Å². The van der Waals surface area contributed by atoms with Crippen LogP contribution in [0.5, 0.6) is 0 Å². The van der Waals surface area contributed by atoms with Crippen LogP contribution in [-0.2, 0) is 6.54 Å². The van der Waals surface area contributed by atoms with Crippen molar-refractivity contribution in [2.45, 2.75) is 39.3 Å². The van der Waals surface area contributed by atoms with Crippen LogP contribution in [0.15, 0.2) is 48.5 Å². The Hall–Kier alpha value is -1.64. The lowest BCUT2D eigenvalue weighted by Crippen LogP contribution is -2.35. The average molecular weight is 309 g/mol. The number of aliphatic hydroxyl groups is 1. The standard InChI is InChI=1S/C21H27NO/c1-16-8-9-17(2)20(14-16)15-22-12-10-19(11-13-22)21(23)18-6-4-3-5-7-18/h3-9,14,19,21,23H,10-13,15H2,1-2H3. The number of rotatable bonds is 4. The van der Waals surface area contributed by atoms with Crippen LogP contribution in [0.4, 0.5) is 0 Å². The Morgan fingerprint density at radius 2 is 1.74 bits per heavy atom. The molecule has 1 atom stereocenters. The zero-order valence-electron chi connectivity index (χ0n) is 14.2. The third-order valence-electron chi connectivity index (χ3n) is 5.12. The van der Waals surface area contributed by atoms with Crippen LogP contribution < -0.4 is 0 Å². The smallest absolute Gasteiger partial charge is 0.0819 e. The van der Waals surface area contributed by atoms with Gasteiger partial charge in [-0.25, -0.2) is 0 Å². The minimum absolute atomic E-state index is 0.320. The molecular weight excluding hydrogens is 282 g/mol. The molecule has 0 bridgehead atoms. The van der Waals surface area contributed by atoms with Gasteiger partial charge in [0.05, 0.1) is 6.10 Å². The molecule has 0 amide bonds. The number of hydrogen-bond acceptors (Lipinski definition) is 2. The summed E-state index contributed by atoms with van der Waals surface area (Å²) < 4.78 is 0. The summed E-state index contributed by atoms with van der Waals surface area (Å²) in [7, 11) is 0. The van der Waals surface area contributed by atoms with Gasteiger partial charge in [0.15, 0.2) is 0 Å². The summed E-state index contributed by atoms with van der Waals surface area (Å²) in [5.41, 5.74) is 5.20. The highest BCUT2D eigenvalue weighted by Crippen LogP contribution is 2.31. The molecular formula is C21H27NO. The molecule has 3 rings (SSSR count). The highest BCUT2D eigenvalue weighted by molar-refractivity contribution is 5.30. The van der Waals surface area contributed by atoms with E-state index in [0.717, 1.165) is 38.0 Å². The van der Waals surface area contributed by atoms with Crippen LogP contribution in [0.3, 0.4) is 0 Å². The molecule has 2 heteroatoms. The molecule has 1 heterocycles. The first-order valence-corrected chi connectivity index (χ1v) is 8.65. The van der Waals surface area contributed by atoms with Crippen LogP contribution in [0.2, 0.25) is 0 Å². The molecule has 122 valence electrons. The van der Waals surface area contributed by atoms with Crippen molar-refractivity contribution in [3.63, 3.8) is 0 Å². The molecule has 1 saturated heterocycles. The van der Waals surface area contributed by atoms with Crippen molar-refractivity contribution in [3.8, 4) is 0 Å². The fourth-order valence-electron chi connectivity index (χ4n) is 3.56. The van der Waals surface area contributed by atoms with Gasteiger partial charge in [0, 0.05) is 6.54 Å². The Morgan fingerprint density at radius 3 is 2.43 bits per heavy atom. The van der Waals surface area contributed by atoms with Crippen LogP contribution in [0.1, 0.15) is 41.2 Å². The number of benzene rings is 2. The van der Waals surface area contributed by atoms with Crippen molar-refractivity contribution >= 4 is 0 Å². The van der Waals surface area contributed by atoms with Gasteiger partial charge >= 0.3 is 0 Å². The molecule has 2 nitrogen and oxygen atoms in total. The first kappa shape index (κ1) is 16.2. The number of nitrogens with zero attached hydrogens (tertiary/aromatic N) is 1. The molecule has 0 spiro atoms. The molecule has 1 unspecified atom stereocenters. The number of hydrogen-bond donors (Lipinski definition) is 1. The van der Waals surface area contributed by atoms with Crippen LogP contribution in [0.25, 0.3) is 0 Å². The van der Waals surface area contributed by atoms with E-state index in [1.165, 1.54) is 16.7 Å². The van der Waals surface area contributed by atoms with E-state index in [4.69, 9.17) is 0 Å². The second-order valence-electron chi connectivity index (χ2n) is 6.90. The van der Waals surface area contributed by atoms with Gasteiger partial charge in [-0.2, -0.15) is 0 Å². The van der Waals surface area contributed by atoms with Crippen LogP contribution >= 0.6 is 0 Å². The van der Waals surface area contributed by atoms with Gasteiger partial charge in [0.1, 0.15) is 0 Å². The Balaban J connectivity index is 1.57. The summed E-state index contributed by atoms with van der Waals surface area (Å²) in [5.74, 6) is 0.382. The molecule has 0 aromatic heterocycles. The minimum Gasteiger partial charge on any atom is -0.388 e. The molecule has 1 N–H and O–H groups in total. The number of likely N-dealkylation sites (tertiary alicyclic amines) is 1. The predicted molar refractivity (Wildman–Crippen MR) is 95.3 cm³/mol. The second-order valence-corrected chi connectivity index (χ2v) is 6.90. The van der Waals surface area contributed by atoms with Crippen molar-refractivity contribution in [2.24, 2.45) is 5.92 Å². The van der Waals surface area contributed by atoms with Crippen molar-refractivity contribution in [1.82, 2.24) is 4.90 Å². The number of aryl methyl sites for hydroxylation is 2. The van der Waals surface area contributed by atoms with E-state index < -0.39 is 0 Å². The first-order chi connectivity index (χ1) is 11.1. The summed E-state index contributed by atoms with van der Waals surface area (Å²) in [6.07, 6.45) is 1.82. The summed E-state index contributed by atoms with van der Waals surface area (Å²) in [5, 5.41) is 10.6. The molecule has 1 fully saturated rings. The SMILES string of the molecule is Cc1ccc(C)c(CN2CCC(C(O)c3ccccc3)CC2)c1. The maximum Gasteiger partial charge on any atom is 0.0819 e. The second kappa shape index (κ2) is 7.29. The zero-order valence-corrected chi connectivity index (χ0v) is 14.2. The summed E-state index contributed by atoms with van der Waals surface area (Å²) in [4.78, 5) is 2.52. The van der Waals surface area contributed by atoms with Gasteiger partial charge in [-0.3, -0.25) is 4.90 Å². The normalized spacial score (nSPS) is 18.0. The quantitative estimate of drug-likeness (QED) is 0.912. The molecule has 2 aromatic rings. The van der Waals surface area contributed by atoms with E-state index in [-0.39, 0.29) is 6.10 Å². The minimum atomic E-state index is -0.320. The summed E-state index contributed by atoms with van der Waals surface area (Å²) >= 11 is 0. The number of piperidine rings is 1. The lowest BCUT2D eigenvalue weighted by molar-refractivity contribution is 0.0567. The van der Waals surface area contributed by atoms with Gasteiger partial charge in [-0.1, -0.05) is 54.1 Å². The Morgan fingerprint density at radius 1 is 1.04 bits per heavy atom. The molecule has 0 radical (unpaired) electrons. The Kier molecular flexibility index (Phi) is 5.14.